The van der Waals surface area contributed by atoms with Crippen molar-refractivity contribution in [1.29, 1.82) is 0 Å². The van der Waals surface area contributed by atoms with E-state index in [-0.39, 0.29) is 5.91 Å². The zero-order valence-electron chi connectivity index (χ0n) is 10.5. The van der Waals surface area contributed by atoms with Gasteiger partial charge in [0.1, 0.15) is 5.75 Å². The molecule has 0 fully saturated rings. The summed E-state index contributed by atoms with van der Waals surface area (Å²) < 4.78 is 6.05. The normalized spacial score (nSPS) is 10.2. The number of halogens is 1. The van der Waals surface area contributed by atoms with Crippen LogP contribution in [0.1, 0.15) is 10.4 Å². The number of benzene rings is 1. The van der Waals surface area contributed by atoms with Crippen LogP contribution < -0.4 is 10.1 Å². The Balaban J connectivity index is 1.88. The van der Waals surface area contributed by atoms with Gasteiger partial charge in [-0.2, -0.15) is 0 Å². The summed E-state index contributed by atoms with van der Waals surface area (Å²) >= 11 is 5.02. The molecule has 0 spiro atoms. The van der Waals surface area contributed by atoms with Crippen LogP contribution in [0.3, 0.4) is 0 Å². The van der Waals surface area contributed by atoms with Gasteiger partial charge in [-0.15, -0.1) is 11.3 Å². The lowest BCUT2D eigenvalue weighted by atomic mass is 10.2. The van der Waals surface area contributed by atoms with Crippen molar-refractivity contribution in [2.75, 3.05) is 7.11 Å². The lowest BCUT2D eigenvalue weighted by Crippen LogP contribution is -2.24. The van der Waals surface area contributed by atoms with Gasteiger partial charge >= 0.3 is 0 Å². The molecule has 0 aliphatic heterocycles. The van der Waals surface area contributed by atoms with Gasteiger partial charge in [-0.05, 0) is 45.1 Å². The van der Waals surface area contributed by atoms with E-state index in [4.69, 9.17) is 4.74 Å². The number of amides is 1. The maximum Gasteiger partial charge on any atom is 0.225 e. The minimum Gasteiger partial charge on any atom is -0.496 e. The highest BCUT2D eigenvalue weighted by Gasteiger charge is 2.05. The second kappa shape index (κ2) is 6.73. The summed E-state index contributed by atoms with van der Waals surface area (Å²) in [5.41, 5.74) is 1.03. The van der Waals surface area contributed by atoms with Crippen molar-refractivity contribution in [3.8, 4) is 5.75 Å². The fourth-order valence-corrected chi connectivity index (χ4v) is 2.95. The zero-order chi connectivity index (χ0) is 13.7. The van der Waals surface area contributed by atoms with Crippen LogP contribution in [0, 0.1) is 0 Å². The number of methoxy groups -OCH3 is 1. The number of carbonyl (C=O) groups is 1. The quantitative estimate of drug-likeness (QED) is 0.906. The summed E-state index contributed by atoms with van der Waals surface area (Å²) in [4.78, 5) is 12.8. The monoisotopic (exact) mass is 339 g/mol. The molecule has 1 aromatic heterocycles. The summed E-state index contributed by atoms with van der Waals surface area (Å²) in [5.74, 6) is 0.822. The number of ether oxygens (including phenoxy) is 1. The first-order chi connectivity index (χ1) is 9.19. The van der Waals surface area contributed by atoms with Crippen molar-refractivity contribution in [2.24, 2.45) is 0 Å². The SMILES string of the molecule is COc1ccc(CNC(=O)Cc2cccs2)cc1Br. The van der Waals surface area contributed by atoms with E-state index in [2.05, 4.69) is 21.2 Å². The van der Waals surface area contributed by atoms with E-state index in [1.165, 1.54) is 0 Å². The van der Waals surface area contributed by atoms with Crippen LogP contribution in [-0.4, -0.2) is 13.0 Å². The molecule has 0 unspecified atom stereocenters. The average Bonchev–Trinajstić information content (AvgIpc) is 2.89. The number of rotatable bonds is 5. The molecule has 0 aliphatic carbocycles. The first-order valence-electron chi connectivity index (χ1n) is 5.80. The lowest BCUT2D eigenvalue weighted by molar-refractivity contribution is -0.120. The molecule has 1 amide bonds. The van der Waals surface area contributed by atoms with Crippen LogP contribution in [0.15, 0.2) is 40.2 Å². The third-order valence-corrected chi connectivity index (χ3v) is 4.12. The summed E-state index contributed by atoms with van der Waals surface area (Å²) in [5, 5.41) is 4.88. The van der Waals surface area contributed by atoms with Gasteiger partial charge in [0.25, 0.3) is 0 Å². The largest absolute Gasteiger partial charge is 0.496 e. The van der Waals surface area contributed by atoms with E-state index < -0.39 is 0 Å². The highest BCUT2D eigenvalue weighted by atomic mass is 79.9. The van der Waals surface area contributed by atoms with E-state index in [0.29, 0.717) is 13.0 Å². The Bertz CT molecular complexity index is 555. The van der Waals surface area contributed by atoms with Gasteiger partial charge in [0.2, 0.25) is 5.91 Å². The molecule has 0 bridgehead atoms. The van der Waals surface area contributed by atoms with Crippen molar-refractivity contribution in [3.05, 3.63) is 50.6 Å². The Labute approximate surface area is 124 Å². The Morgan fingerprint density at radius 1 is 1.42 bits per heavy atom. The molecule has 0 saturated heterocycles. The topological polar surface area (TPSA) is 38.3 Å². The van der Waals surface area contributed by atoms with E-state index in [9.17, 15) is 4.79 Å². The minimum absolute atomic E-state index is 0.0365. The molecule has 3 nitrogen and oxygen atoms in total. The smallest absolute Gasteiger partial charge is 0.225 e. The standard InChI is InChI=1S/C14H14BrNO2S/c1-18-13-5-4-10(7-12(13)15)9-16-14(17)8-11-3-2-6-19-11/h2-7H,8-9H2,1H3,(H,16,17). The first kappa shape index (κ1) is 14.1. The molecule has 0 radical (unpaired) electrons. The molecule has 1 aromatic carbocycles. The molecule has 0 saturated carbocycles. The molecular formula is C14H14BrNO2S. The molecule has 0 aliphatic rings. The van der Waals surface area contributed by atoms with Crippen LogP contribution in [0.2, 0.25) is 0 Å². The summed E-state index contributed by atoms with van der Waals surface area (Å²) in [6.07, 6.45) is 0.439. The van der Waals surface area contributed by atoms with Crippen molar-refractivity contribution in [1.82, 2.24) is 5.32 Å². The van der Waals surface area contributed by atoms with E-state index in [1.807, 2.05) is 35.7 Å². The summed E-state index contributed by atoms with van der Waals surface area (Å²) in [6, 6.07) is 9.69. The van der Waals surface area contributed by atoms with Crippen molar-refractivity contribution in [3.63, 3.8) is 0 Å². The number of hydrogen-bond donors (Lipinski definition) is 1. The summed E-state index contributed by atoms with van der Waals surface area (Å²) in [6.45, 7) is 0.521. The van der Waals surface area contributed by atoms with Gasteiger partial charge in [0.05, 0.1) is 18.0 Å². The molecule has 5 heteroatoms. The van der Waals surface area contributed by atoms with Crippen LogP contribution in [-0.2, 0) is 17.8 Å². The van der Waals surface area contributed by atoms with E-state index in [0.717, 1.165) is 20.7 Å². The third-order valence-electron chi connectivity index (χ3n) is 2.62. The molecular weight excluding hydrogens is 326 g/mol. The van der Waals surface area contributed by atoms with Crippen LogP contribution >= 0.6 is 27.3 Å². The van der Waals surface area contributed by atoms with Gasteiger partial charge < -0.3 is 10.1 Å². The maximum absolute atomic E-state index is 11.8. The lowest BCUT2D eigenvalue weighted by Gasteiger charge is -2.07. The second-order valence-corrected chi connectivity index (χ2v) is 5.89. The highest BCUT2D eigenvalue weighted by Crippen LogP contribution is 2.25. The zero-order valence-corrected chi connectivity index (χ0v) is 12.9. The predicted octanol–water partition coefficient (Wildman–Crippen LogP) is 3.38. The predicted molar refractivity (Wildman–Crippen MR) is 80.6 cm³/mol. The number of hydrogen-bond acceptors (Lipinski definition) is 3. The molecule has 2 rings (SSSR count). The maximum atomic E-state index is 11.8. The second-order valence-electron chi connectivity index (χ2n) is 4.00. The third kappa shape index (κ3) is 4.08. The Hall–Kier alpha value is -1.33. The first-order valence-corrected chi connectivity index (χ1v) is 7.48. The van der Waals surface area contributed by atoms with Crippen molar-refractivity contribution < 1.29 is 9.53 Å². The van der Waals surface area contributed by atoms with Crippen molar-refractivity contribution >= 4 is 33.2 Å². The number of thiophene rings is 1. The minimum atomic E-state index is 0.0365. The summed E-state index contributed by atoms with van der Waals surface area (Å²) in [7, 11) is 1.63. The molecule has 2 aromatic rings. The average molecular weight is 340 g/mol. The molecule has 1 N–H and O–H groups in total. The molecule has 0 atom stereocenters. The van der Waals surface area contributed by atoms with Gasteiger partial charge in [0, 0.05) is 11.4 Å². The molecule has 1 heterocycles. The van der Waals surface area contributed by atoms with Crippen LogP contribution in [0.25, 0.3) is 0 Å². The van der Waals surface area contributed by atoms with Gasteiger partial charge in [-0.1, -0.05) is 12.1 Å². The van der Waals surface area contributed by atoms with Crippen LogP contribution in [0.4, 0.5) is 0 Å². The molecule has 19 heavy (non-hydrogen) atoms. The fourth-order valence-electron chi connectivity index (χ4n) is 1.65. The number of carbonyl (C=O) groups excluding carboxylic acids is 1. The Morgan fingerprint density at radius 3 is 2.89 bits per heavy atom. The van der Waals surface area contributed by atoms with E-state index in [1.54, 1.807) is 18.4 Å². The Morgan fingerprint density at radius 2 is 2.26 bits per heavy atom. The Kier molecular flexibility index (Phi) is 4.99. The van der Waals surface area contributed by atoms with E-state index >= 15 is 0 Å². The van der Waals surface area contributed by atoms with Gasteiger partial charge in [0.15, 0.2) is 0 Å². The molecule has 100 valence electrons. The van der Waals surface area contributed by atoms with Crippen LogP contribution in [0.5, 0.6) is 5.75 Å². The highest BCUT2D eigenvalue weighted by molar-refractivity contribution is 9.10. The van der Waals surface area contributed by atoms with Gasteiger partial charge in [-0.3, -0.25) is 4.79 Å². The van der Waals surface area contributed by atoms with Gasteiger partial charge in [-0.25, -0.2) is 0 Å². The number of nitrogens with one attached hydrogen (secondary N) is 1. The van der Waals surface area contributed by atoms with Crippen molar-refractivity contribution in [2.45, 2.75) is 13.0 Å². The fraction of sp³-hybridized carbons (Fsp3) is 0.214.